The monoisotopic (exact) mass is 317 g/mol. The van der Waals surface area contributed by atoms with E-state index in [4.69, 9.17) is 15.3 Å². The molecule has 0 saturated heterocycles. The van der Waals surface area contributed by atoms with Crippen LogP contribution >= 0.6 is 0 Å². The molecule has 11 N–H and O–H groups in total. The standard InChI is InChI=1S/Dy.HNO3.5H2O/c;2-1(3)4;;;;;/h;(H,2,3,4);5*1H2. The van der Waals surface area contributed by atoms with Crippen LogP contribution in [0.1, 0.15) is 0 Å². The van der Waals surface area contributed by atoms with Crippen molar-refractivity contribution < 1.29 is 75.8 Å². The third-order valence-electron chi connectivity index (χ3n) is 0. The summed E-state index contributed by atoms with van der Waals surface area (Å²) in [5, 5.41) is 13.6. The fourth-order valence-electron chi connectivity index (χ4n) is 0. The predicted molar refractivity (Wildman–Crippen MR) is 26.8 cm³/mol. The molecule has 0 aliphatic carbocycles. The van der Waals surface area contributed by atoms with E-state index in [1.165, 1.54) is 0 Å². The average Bonchev–Trinajstić information content (AvgIpc) is 0.811. The van der Waals surface area contributed by atoms with Gasteiger partial charge in [-0.05, 0) is 0 Å². The first kappa shape index (κ1) is 82.5. The van der Waals surface area contributed by atoms with Crippen LogP contribution in [0.5, 0.6) is 0 Å². The van der Waals surface area contributed by atoms with E-state index in [1.54, 1.807) is 0 Å². The van der Waals surface area contributed by atoms with Crippen LogP contribution in [0, 0.1) is 48.3 Å². The SMILES string of the molecule is O.O.O.O.O.O=[N+]([O-])O.[Dy]. The van der Waals surface area contributed by atoms with Gasteiger partial charge in [0.25, 0.3) is 5.09 Å². The van der Waals surface area contributed by atoms with Crippen molar-refractivity contribution in [1.29, 1.82) is 0 Å². The molecule has 0 atom stereocenters. The number of hydrogen-bond donors (Lipinski definition) is 1. The molecule has 9 nitrogen and oxygen atoms in total. The van der Waals surface area contributed by atoms with Gasteiger partial charge in [-0.2, -0.15) is 0 Å². The molecule has 0 aliphatic heterocycles. The molecule has 0 rings (SSSR count). The van der Waals surface area contributed by atoms with Gasteiger partial charge >= 0.3 is 0 Å². The second kappa shape index (κ2) is 59.2. The number of rotatable bonds is 0. The normalized spacial score (nSPS) is 2.40. The van der Waals surface area contributed by atoms with Crippen LogP contribution in [0.3, 0.4) is 0 Å². The van der Waals surface area contributed by atoms with Gasteiger partial charge in [0.2, 0.25) is 0 Å². The molecule has 0 aromatic heterocycles. The molecule has 10 heavy (non-hydrogen) atoms. The molecule has 0 heterocycles. The smallest absolute Gasteiger partial charge is 0.291 e. The van der Waals surface area contributed by atoms with Crippen LogP contribution in [0.25, 0.3) is 0 Å². The molecule has 0 fully saturated rings. The Kier molecular flexibility index (Phi) is 489. The van der Waals surface area contributed by atoms with E-state index in [0.717, 1.165) is 0 Å². The minimum Gasteiger partial charge on any atom is -0.412 e. The van der Waals surface area contributed by atoms with Gasteiger partial charge in [0, 0.05) is 38.2 Å². The first-order chi connectivity index (χ1) is 1.73. The molecule has 10 heteroatoms. The van der Waals surface area contributed by atoms with Crippen molar-refractivity contribution in [1.82, 2.24) is 0 Å². The maximum absolute atomic E-state index is 8.36. The summed E-state index contributed by atoms with van der Waals surface area (Å²) in [7, 11) is 0. The molecular weight excluding hydrogens is 304 g/mol. The summed E-state index contributed by atoms with van der Waals surface area (Å²) in [6.07, 6.45) is 0. The Labute approximate surface area is 85.7 Å². The molecule has 0 aromatic carbocycles. The Morgan fingerprint density at radius 2 is 1.00 bits per heavy atom. The van der Waals surface area contributed by atoms with Crippen molar-refractivity contribution in [2.75, 3.05) is 0 Å². The molecule has 74 valence electrons. The Hall–Kier alpha value is 0.273. The average molecular weight is 316 g/mol. The molecule has 0 saturated carbocycles. The van der Waals surface area contributed by atoms with Crippen LogP contribution in [-0.2, 0) is 0 Å². The first-order valence-corrected chi connectivity index (χ1v) is 0.565. The van der Waals surface area contributed by atoms with Crippen LogP contribution in [0.2, 0.25) is 0 Å². The third kappa shape index (κ3) is 5880. The van der Waals surface area contributed by atoms with Gasteiger partial charge in [0.05, 0.1) is 0 Å². The predicted octanol–water partition coefficient (Wildman–Crippen LogP) is -4.47. The molecule has 0 bridgehead atoms. The summed E-state index contributed by atoms with van der Waals surface area (Å²) in [6.45, 7) is 0. The van der Waals surface area contributed by atoms with E-state index in [0.29, 0.717) is 0 Å². The van der Waals surface area contributed by atoms with Crippen LogP contribution in [0.15, 0.2) is 0 Å². The Bertz CT molecular complexity index is 32.2. The minimum absolute atomic E-state index is 0. The minimum atomic E-state index is -1.50. The summed E-state index contributed by atoms with van der Waals surface area (Å²) in [5.41, 5.74) is 0. The number of nitrogens with zero attached hydrogens (tertiary/aromatic N) is 1. The molecule has 0 aromatic rings. The first-order valence-electron chi connectivity index (χ1n) is 0.565. The van der Waals surface area contributed by atoms with Crippen LogP contribution in [-0.4, -0.2) is 37.7 Å². The third-order valence-corrected chi connectivity index (χ3v) is 0. The van der Waals surface area contributed by atoms with E-state index < -0.39 is 5.09 Å². The van der Waals surface area contributed by atoms with Crippen molar-refractivity contribution in [2.24, 2.45) is 0 Å². The van der Waals surface area contributed by atoms with Crippen molar-refractivity contribution in [3.63, 3.8) is 0 Å². The quantitative estimate of drug-likeness (QED) is 0.345. The van der Waals surface area contributed by atoms with E-state index in [-0.39, 0.29) is 65.6 Å². The zero-order valence-electron chi connectivity index (χ0n) is 4.53. The van der Waals surface area contributed by atoms with Gasteiger partial charge in [-0.3, -0.25) is 0 Å². The Morgan fingerprint density at radius 1 is 1.00 bits per heavy atom. The van der Waals surface area contributed by atoms with E-state index in [9.17, 15) is 0 Å². The Morgan fingerprint density at radius 3 is 1.00 bits per heavy atom. The molecule has 0 radical (unpaired) electrons. The Balaban J connectivity index is -0.00000000300. The van der Waals surface area contributed by atoms with Crippen molar-refractivity contribution in [3.05, 3.63) is 10.1 Å². The van der Waals surface area contributed by atoms with Gasteiger partial charge in [0.1, 0.15) is 0 Å². The summed E-state index contributed by atoms with van der Waals surface area (Å²) >= 11 is 0. The van der Waals surface area contributed by atoms with Gasteiger partial charge < -0.3 is 32.6 Å². The summed E-state index contributed by atoms with van der Waals surface area (Å²) in [6, 6.07) is 0. The van der Waals surface area contributed by atoms with Crippen LogP contribution in [0.4, 0.5) is 0 Å². The largest absolute Gasteiger partial charge is 0.412 e. The molecule has 0 amide bonds. The second-order valence-electron chi connectivity index (χ2n) is 0.238. The zero-order valence-corrected chi connectivity index (χ0v) is 6.56. The van der Waals surface area contributed by atoms with Gasteiger partial charge in [0.15, 0.2) is 0 Å². The van der Waals surface area contributed by atoms with Crippen molar-refractivity contribution in [3.8, 4) is 0 Å². The van der Waals surface area contributed by atoms with E-state index in [2.05, 4.69) is 0 Å². The van der Waals surface area contributed by atoms with Gasteiger partial charge in [-0.1, -0.05) is 0 Å². The topological polar surface area (TPSA) is 221 Å². The number of hydrogen-bond acceptors (Lipinski definition) is 2. The van der Waals surface area contributed by atoms with Crippen molar-refractivity contribution >= 4 is 0 Å². The van der Waals surface area contributed by atoms with E-state index in [1.807, 2.05) is 0 Å². The summed E-state index contributed by atoms with van der Waals surface area (Å²) in [4.78, 5) is 8.36. The van der Waals surface area contributed by atoms with Gasteiger partial charge in [-0.15, -0.1) is 10.1 Å². The maximum atomic E-state index is 8.36. The molecule has 0 unspecified atom stereocenters. The molecule has 0 spiro atoms. The molecular formula is H11DyNO8. The van der Waals surface area contributed by atoms with E-state index >= 15 is 0 Å². The zero-order chi connectivity index (χ0) is 3.58. The summed E-state index contributed by atoms with van der Waals surface area (Å²) < 4.78 is 0. The fraction of sp³-hybridized carbons (Fsp3) is 0. The van der Waals surface area contributed by atoms with Crippen LogP contribution < -0.4 is 0 Å². The van der Waals surface area contributed by atoms with Gasteiger partial charge in [-0.25, -0.2) is 0 Å². The maximum Gasteiger partial charge on any atom is 0.291 e. The fourth-order valence-corrected chi connectivity index (χ4v) is 0. The second-order valence-corrected chi connectivity index (χ2v) is 0.238. The molecule has 0 aliphatic rings. The summed E-state index contributed by atoms with van der Waals surface area (Å²) in [5.74, 6) is 0. The van der Waals surface area contributed by atoms with Crippen molar-refractivity contribution in [2.45, 2.75) is 0 Å².